The summed E-state index contributed by atoms with van der Waals surface area (Å²) in [7, 11) is 0. The van der Waals surface area contributed by atoms with Gasteiger partial charge in [0.25, 0.3) is 0 Å². The summed E-state index contributed by atoms with van der Waals surface area (Å²) >= 11 is 0. The Balaban J connectivity index is 4.40. The van der Waals surface area contributed by atoms with Crippen LogP contribution in [-0.4, -0.2) is 22.9 Å². The van der Waals surface area contributed by atoms with E-state index in [1.807, 2.05) is 11.3 Å². The van der Waals surface area contributed by atoms with Gasteiger partial charge in [-0.15, -0.1) is 0 Å². The van der Waals surface area contributed by atoms with Crippen LogP contribution in [0.4, 0.5) is 0 Å². The van der Waals surface area contributed by atoms with E-state index in [4.69, 9.17) is 0 Å². The second-order valence-electron chi connectivity index (χ2n) is 4.25. The van der Waals surface area contributed by atoms with Gasteiger partial charge in [0.05, 0.1) is 0 Å². The highest BCUT2D eigenvalue weighted by Gasteiger charge is 2.22. The molecule has 0 aliphatic heterocycles. The van der Waals surface area contributed by atoms with E-state index < -0.39 is 0 Å². The third-order valence-electron chi connectivity index (χ3n) is 2.99. The van der Waals surface area contributed by atoms with Crippen LogP contribution in [0, 0.1) is 6.42 Å². The zero-order valence-corrected chi connectivity index (χ0v) is 10.9. The van der Waals surface area contributed by atoms with Crippen LogP contribution in [-0.2, 0) is 4.79 Å². The highest BCUT2D eigenvalue weighted by atomic mass is 16.2. The van der Waals surface area contributed by atoms with Crippen molar-refractivity contribution in [1.29, 1.82) is 0 Å². The van der Waals surface area contributed by atoms with Gasteiger partial charge >= 0.3 is 0 Å². The minimum Gasteiger partial charge on any atom is -0.337 e. The van der Waals surface area contributed by atoms with E-state index in [9.17, 15) is 4.79 Å². The summed E-state index contributed by atoms with van der Waals surface area (Å²) in [5.74, 6) is 0.209. The molecule has 2 unspecified atom stereocenters. The molecule has 2 nitrogen and oxygen atoms in total. The normalized spacial score (nSPS) is 14.7. The van der Waals surface area contributed by atoms with Crippen molar-refractivity contribution in [1.82, 2.24) is 4.90 Å². The lowest BCUT2D eigenvalue weighted by molar-refractivity contribution is -0.132. The molecule has 0 rings (SSSR count). The zero-order valence-electron chi connectivity index (χ0n) is 10.9. The molecule has 0 bridgehead atoms. The first-order chi connectivity index (χ1) is 7.08. The molecular formula is C13H26NO. The lowest BCUT2D eigenvalue weighted by Crippen LogP contribution is -2.44. The van der Waals surface area contributed by atoms with Gasteiger partial charge in [-0.25, -0.2) is 0 Å². The molecule has 0 aliphatic carbocycles. The van der Waals surface area contributed by atoms with Crippen LogP contribution in [0.3, 0.4) is 0 Å². The van der Waals surface area contributed by atoms with Crippen LogP contribution in [0.25, 0.3) is 0 Å². The molecule has 0 N–H and O–H groups in total. The molecule has 2 atom stereocenters. The minimum atomic E-state index is 0.209. The average Bonchev–Trinajstić information content (AvgIpc) is 2.25. The lowest BCUT2D eigenvalue weighted by atomic mass is 10.1. The third-order valence-corrected chi connectivity index (χ3v) is 2.99. The molecule has 0 heterocycles. The number of carbonyl (C=O) groups excluding carboxylic acids is 1. The van der Waals surface area contributed by atoms with Crippen LogP contribution < -0.4 is 0 Å². The Morgan fingerprint density at radius 2 is 1.60 bits per heavy atom. The molecule has 0 aromatic rings. The van der Waals surface area contributed by atoms with E-state index >= 15 is 0 Å². The molecule has 0 aliphatic rings. The maximum Gasteiger partial charge on any atom is 0.226 e. The molecule has 0 fully saturated rings. The van der Waals surface area contributed by atoms with E-state index in [-0.39, 0.29) is 5.91 Å². The summed E-state index contributed by atoms with van der Waals surface area (Å²) < 4.78 is 0. The summed E-state index contributed by atoms with van der Waals surface area (Å²) in [5, 5.41) is 0. The summed E-state index contributed by atoms with van der Waals surface area (Å²) in [6, 6.07) is 0.695. The Bertz CT molecular complexity index is 169. The Morgan fingerprint density at radius 3 is 1.93 bits per heavy atom. The standard InChI is InChI=1S/C13H26NO/c1-6-9-10-13(15)14(11(4)7-2)12(5)8-3/h10-12H,6-9H2,1-5H3. The van der Waals surface area contributed by atoms with Crippen LogP contribution in [0.5, 0.6) is 0 Å². The van der Waals surface area contributed by atoms with Gasteiger partial charge < -0.3 is 4.90 Å². The molecule has 1 radical (unpaired) electrons. The van der Waals surface area contributed by atoms with E-state index in [0.29, 0.717) is 12.1 Å². The molecule has 2 heteroatoms. The van der Waals surface area contributed by atoms with Crippen molar-refractivity contribution in [3.05, 3.63) is 6.42 Å². The Labute approximate surface area is 95.0 Å². The molecular weight excluding hydrogens is 186 g/mol. The van der Waals surface area contributed by atoms with Crippen molar-refractivity contribution in [2.75, 3.05) is 0 Å². The maximum absolute atomic E-state index is 12.0. The fourth-order valence-corrected chi connectivity index (χ4v) is 1.64. The fraction of sp³-hybridized carbons (Fsp3) is 0.846. The van der Waals surface area contributed by atoms with Crippen LogP contribution in [0.1, 0.15) is 60.3 Å². The number of rotatable bonds is 7. The molecule has 1 amide bonds. The summed E-state index contributed by atoms with van der Waals surface area (Å²) in [6.07, 6.45) is 5.81. The number of carbonyl (C=O) groups is 1. The summed E-state index contributed by atoms with van der Waals surface area (Å²) in [4.78, 5) is 14.0. The van der Waals surface area contributed by atoms with E-state index in [2.05, 4.69) is 34.6 Å². The van der Waals surface area contributed by atoms with Crippen molar-refractivity contribution in [3.63, 3.8) is 0 Å². The number of hydrogen-bond donors (Lipinski definition) is 0. The fourth-order valence-electron chi connectivity index (χ4n) is 1.64. The van der Waals surface area contributed by atoms with Crippen molar-refractivity contribution >= 4 is 5.91 Å². The quantitative estimate of drug-likeness (QED) is 0.633. The van der Waals surface area contributed by atoms with Gasteiger partial charge in [0, 0.05) is 18.5 Å². The Hall–Kier alpha value is -0.530. The number of amides is 1. The average molecular weight is 212 g/mol. The van der Waals surface area contributed by atoms with Gasteiger partial charge in [0.2, 0.25) is 5.91 Å². The topological polar surface area (TPSA) is 20.3 Å². The molecule has 15 heavy (non-hydrogen) atoms. The first kappa shape index (κ1) is 14.5. The largest absolute Gasteiger partial charge is 0.337 e. The number of hydrogen-bond acceptors (Lipinski definition) is 1. The SMILES string of the molecule is CCC[CH]C(=O)N(C(C)CC)C(C)CC. The molecule has 0 spiro atoms. The molecule has 89 valence electrons. The molecule has 0 aromatic heterocycles. The summed E-state index contributed by atoms with van der Waals surface area (Å²) in [5.41, 5.74) is 0. The van der Waals surface area contributed by atoms with Crippen LogP contribution >= 0.6 is 0 Å². The predicted octanol–water partition coefficient (Wildman–Crippen LogP) is 3.42. The van der Waals surface area contributed by atoms with Gasteiger partial charge in [-0.05, 0) is 33.1 Å². The van der Waals surface area contributed by atoms with Gasteiger partial charge in [-0.2, -0.15) is 0 Å². The molecule has 0 aromatic carbocycles. The second-order valence-corrected chi connectivity index (χ2v) is 4.25. The smallest absolute Gasteiger partial charge is 0.226 e. The Kier molecular flexibility index (Phi) is 7.45. The molecule has 0 saturated carbocycles. The van der Waals surface area contributed by atoms with Crippen molar-refractivity contribution in [2.45, 2.75) is 72.4 Å². The van der Waals surface area contributed by atoms with Crippen LogP contribution in [0.2, 0.25) is 0 Å². The van der Waals surface area contributed by atoms with Gasteiger partial charge in [0.1, 0.15) is 0 Å². The Morgan fingerprint density at radius 1 is 1.13 bits per heavy atom. The van der Waals surface area contributed by atoms with Crippen molar-refractivity contribution in [3.8, 4) is 0 Å². The van der Waals surface area contributed by atoms with Gasteiger partial charge in [-0.3, -0.25) is 4.79 Å². The predicted molar refractivity (Wildman–Crippen MR) is 65.6 cm³/mol. The first-order valence-electron chi connectivity index (χ1n) is 6.23. The molecule has 0 saturated heterocycles. The van der Waals surface area contributed by atoms with Crippen LogP contribution in [0.15, 0.2) is 0 Å². The van der Waals surface area contributed by atoms with Crippen molar-refractivity contribution < 1.29 is 4.79 Å². The second kappa shape index (κ2) is 7.72. The van der Waals surface area contributed by atoms with E-state index in [0.717, 1.165) is 25.7 Å². The highest BCUT2D eigenvalue weighted by molar-refractivity contribution is 5.85. The summed E-state index contributed by atoms with van der Waals surface area (Å²) in [6.45, 7) is 10.6. The monoisotopic (exact) mass is 212 g/mol. The number of unbranched alkanes of at least 4 members (excludes halogenated alkanes) is 1. The maximum atomic E-state index is 12.0. The van der Waals surface area contributed by atoms with Crippen molar-refractivity contribution in [2.24, 2.45) is 0 Å². The zero-order chi connectivity index (χ0) is 11.8. The lowest BCUT2D eigenvalue weighted by Gasteiger charge is -2.34. The van der Waals surface area contributed by atoms with Gasteiger partial charge in [-0.1, -0.05) is 27.2 Å². The third kappa shape index (κ3) is 4.67. The first-order valence-corrected chi connectivity index (χ1v) is 6.23. The van der Waals surface area contributed by atoms with E-state index in [1.165, 1.54) is 0 Å². The highest BCUT2D eigenvalue weighted by Crippen LogP contribution is 2.14. The number of nitrogens with zero attached hydrogens (tertiary/aromatic N) is 1. The minimum absolute atomic E-state index is 0.209. The van der Waals surface area contributed by atoms with E-state index in [1.54, 1.807) is 0 Å². The van der Waals surface area contributed by atoms with Gasteiger partial charge in [0.15, 0.2) is 0 Å².